The van der Waals surface area contributed by atoms with Gasteiger partial charge in [0.1, 0.15) is 11.5 Å². The smallest absolute Gasteiger partial charge is 0.269 e. The maximum atomic E-state index is 13.5. The van der Waals surface area contributed by atoms with Crippen molar-refractivity contribution in [1.82, 2.24) is 19.7 Å². The van der Waals surface area contributed by atoms with Gasteiger partial charge in [-0.15, -0.1) is 11.3 Å². The minimum atomic E-state index is -0.314. The van der Waals surface area contributed by atoms with Crippen LogP contribution in [-0.4, -0.2) is 26.3 Å². The molecule has 0 aliphatic heterocycles. The molecule has 4 aromatic rings. The van der Waals surface area contributed by atoms with Crippen molar-refractivity contribution in [2.75, 3.05) is 0 Å². The van der Waals surface area contributed by atoms with Crippen molar-refractivity contribution < 1.29 is 9.18 Å². The number of carbonyl (C=O) groups excluding carboxylic acids is 1. The van der Waals surface area contributed by atoms with Crippen LogP contribution in [0.15, 0.2) is 60.4 Å². The molecule has 1 atom stereocenters. The number of thiazole rings is 1. The van der Waals surface area contributed by atoms with E-state index in [1.54, 1.807) is 40.5 Å². The lowest BCUT2D eigenvalue weighted by Gasteiger charge is -2.13. The third-order valence-corrected chi connectivity index (χ3v) is 5.04. The van der Waals surface area contributed by atoms with E-state index in [4.69, 9.17) is 0 Å². The highest BCUT2D eigenvalue weighted by molar-refractivity contribution is 7.15. The van der Waals surface area contributed by atoms with E-state index in [2.05, 4.69) is 15.3 Å². The number of aromatic nitrogens is 3. The Kier molecular flexibility index (Phi) is 4.68. The van der Waals surface area contributed by atoms with Gasteiger partial charge < -0.3 is 5.32 Å². The summed E-state index contributed by atoms with van der Waals surface area (Å²) in [4.78, 5) is 22.0. The highest BCUT2D eigenvalue weighted by Crippen LogP contribution is 2.24. The van der Waals surface area contributed by atoms with Gasteiger partial charge in [0.15, 0.2) is 4.96 Å². The lowest BCUT2D eigenvalue weighted by Crippen LogP contribution is -2.34. The normalized spacial score (nSPS) is 12.2. The van der Waals surface area contributed by atoms with Gasteiger partial charge in [-0.2, -0.15) is 0 Å². The Morgan fingerprint density at radius 1 is 1.33 bits per heavy atom. The molecular weight excluding hydrogens is 363 g/mol. The van der Waals surface area contributed by atoms with Crippen molar-refractivity contribution in [2.45, 2.75) is 19.4 Å². The van der Waals surface area contributed by atoms with Gasteiger partial charge in [-0.1, -0.05) is 18.2 Å². The number of rotatable bonds is 5. The predicted octanol–water partition coefficient (Wildman–Crippen LogP) is 3.96. The van der Waals surface area contributed by atoms with Gasteiger partial charge in [0.25, 0.3) is 5.91 Å². The van der Waals surface area contributed by atoms with Gasteiger partial charge in [0.05, 0.1) is 5.69 Å². The minimum Gasteiger partial charge on any atom is -0.348 e. The molecule has 0 saturated heterocycles. The number of benzene rings is 1. The van der Waals surface area contributed by atoms with Crippen LogP contribution in [0.4, 0.5) is 4.39 Å². The molecule has 27 heavy (non-hydrogen) atoms. The van der Waals surface area contributed by atoms with E-state index in [9.17, 15) is 9.18 Å². The molecule has 5 nitrogen and oxygen atoms in total. The zero-order chi connectivity index (χ0) is 18.8. The van der Waals surface area contributed by atoms with Crippen LogP contribution in [0.5, 0.6) is 0 Å². The zero-order valence-electron chi connectivity index (χ0n) is 14.6. The van der Waals surface area contributed by atoms with Crippen LogP contribution in [0.25, 0.3) is 16.2 Å². The lowest BCUT2D eigenvalue weighted by molar-refractivity contribution is 0.0934. The zero-order valence-corrected chi connectivity index (χ0v) is 15.4. The summed E-state index contributed by atoms with van der Waals surface area (Å²) in [6.45, 7) is 1.96. The van der Waals surface area contributed by atoms with Gasteiger partial charge in [-0.05, 0) is 37.1 Å². The van der Waals surface area contributed by atoms with Crippen LogP contribution < -0.4 is 5.32 Å². The van der Waals surface area contributed by atoms with Crippen LogP contribution in [0.2, 0.25) is 0 Å². The Morgan fingerprint density at radius 3 is 3.00 bits per heavy atom. The average molecular weight is 380 g/mol. The third-order valence-electron chi connectivity index (χ3n) is 4.20. The fourth-order valence-corrected chi connectivity index (χ4v) is 3.81. The number of amides is 1. The topological polar surface area (TPSA) is 59.3 Å². The van der Waals surface area contributed by atoms with Gasteiger partial charge >= 0.3 is 0 Å². The van der Waals surface area contributed by atoms with Crippen LogP contribution in [-0.2, 0) is 6.42 Å². The SMILES string of the molecule is C[C@H](Cc1cccnc1)NC(=O)c1csc2nc(-c3cccc(F)c3)cn12. The monoisotopic (exact) mass is 380 g/mol. The number of hydrogen-bond donors (Lipinski definition) is 1. The summed E-state index contributed by atoms with van der Waals surface area (Å²) in [7, 11) is 0. The third kappa shape index (κ3) is 3.73. The van der Waals surface area contributed by atoms with E-state index in [1.165, 1.54) is 23.5 Å². The van der Waals surface area contributed by atoms with Crippen molar-refractivity contribution >= 4 is 22.2 Å². The van der Waals surface area contributed by atoms with Crippen LogP contribution in [0, 0.1) is 5.82 Å². The second-order valence-electron chi connectivity index (χ2n) is 6.35. The molecule has 1 amide bonds. The van der Waals surface area contributed by atoms with E-state index in [1.807, 2.05) is 19.1 Å². The maximum absolute atomic E-state index is 13.5. The van der Waals surface area contributed by atoms with E-state index >= 15 is 0 Å². The second kappa shape index (κ2) is 7.28. The first-order valence-corrected chi connectivity index (χ1v) is 9.40. The van der Waals surface area contributed by atoms with Crippen molar-refractivity contribution in [3.05, 3.63) is 77.4 Å². The molecule has 0 radical (unpaired) electrons. The maximum Gasteiger partial charge on any atom is 0.269 e. The average Bonchev–Trinajstić information content (AvgIpc) is 3.23. The van der Waals surface area contributed by atoms with Gasteiger partial charge in [-0.3, -0.25) is 14.2 Å². The molecule has 1 aromatic carbocycles. The standard InChI is InChI=1S/C20H17FN4OS/c1-13(8-14-4-3-7-22-10-14)23-19(26)18-12-27-20-24-17(11-25(18)20)15-5-2-6-16(21)9-15/h2-7,9-13H,8H2,1H3,(H,23,26)/t13-/m1/s1. The quantitative estimate of drug-likeness (QED) is 0.570. The number of fused-ring (bicyclic) bond motifs is 1. The molecule has 136 valence electrons. The Bertz CT molecular complexity index is 1090. The second-order valence-corrected chi connectivity index (χ2v) is 7.19. The number of nitrogens with zero attached hydrogens (tertiary/aromatic N) is 3. The van der Waals surface area contributed by atoms with Gasteiger partial charge in [0.2, 0.25) is 0 Å². The van der Waals surface area contributed by atoms with Crippen molar-refractivity contribution in [3.63, 3.8) is 0 Å². The first-order chi connectivity index (χ1) is 13.1. The van der Waals surface area contributed by atoms with Crippen LogP contribution in [0.3, 0.4) is 0 Å². The molecule has 4 rings (SSSR count). The number of hydrogen-bond acceptors (Lipinski definition) is 4. The highest BCUT2D eigenvalue weighted by atomic mass is 32.1. The Balaban J connectivity index is 1.54. The molecule has 3 aromatic heterocycles. The summed E-state index contributed by atoms with van der Waals surface area (Å²) in [6.07, 6.45) is 5.99. The number of carbonyl (C=O) groups is 1. The highest BCUT2D eigenvalue weighted by Gasteiger charge is 2.17. The molecule has 3 heterocycles. The lowest BCUT2D eigenvalue weighted by atomic mass is 10.1. The molecule has 0 bridgehead atoms. The Labute approximate surface area is 159 Å². The number of pyridine rings is 1. The van der Waals surface area contributed by atoms with E-state index < -0.39 is 0 Å². The van der Waals surface area contributed by atoms with Crippen molar-refractivity contribution in [1.29, 1.82) is 0 Å². The number of nitrogens with one attached hydrogen (secondary N) is 1. The molecule has 0 unspecified atom stereocenters. The van der Waals surface area contributed by atoms with Gasteiger partial charge in [-0.25, -0.2) is 9.37 Å². The molecule has 0 fully saturated rings. The minimum absolute atomic E-state index is 0.0390. The molecular formula is C20H17FN4OS. The van der Waals surface area contributed by atoms with E-state index in [0.717, 1.165) is 5.56 Å². The van der Waals surface area contributed by atoms with E-state index in [-0.39, 0.29) is 17.8 Å². The number of imidazole rings is 1. The summed E-state index contributed by atoms with van der Waals surface area (Å²) >= 11 is 1.38. The fraction of sp³-hybridized carbons (Fsp3) is 0.150. The Morgan fingerprint density at radius 2 is 2.22 bits per heavy atom. The first kappa shape index (κ1) is 17.4. The van der Waals surface area contributed by atoms with E-state index in [0.29, 0.717) is 28.3 Å². The summed E-state index contributed by atoms with van der Waals surface area (Å²) in [5, 5.41) is 4.79. The largest absolute Gasteiger partial charge is 0.348 e. The van der Waals surface area contributed by atoms with Crippen molar-refractivity contribution in [3.8, 4) is 11.3 Å². The summed E-state index contributed by atoms with van der Waals surface area (Å²) in [6, 6.07) is 10.1. The van der Waals surface area contributed by atoms with Crippen LogP contribution >= 0.6 is 11.3 Å². The van der Waals surface area contributed by atoms with Crippen molar-refractivity contribution in [2.24, 2.45) is 0 Å². The molecule has 0 spiro atoms. The fourth-order valence-electron chi connectivity index (χ4n) is 2.96. The Hall–Kier alpha value is -3.06. The summed E-state index contributed by atoms with van der Waals surface area (Å²) < 4.78 is 15.2. The molecule has 0 aliphatic carbocycles. The van der Waals surface area contributed by atoms with Gasteiger partial charge in [0, 0.05) is 35.6 Å². The number of halogens is 1. The molecule has 0 aliphatic rings. The first-order valence-electron chi connectivity index (χ1n) is 8.52. The molecule has 7 heteroatoms. The predicted molar refractivity (Wildman–Crippen MR) is 103 cm³/mol. The summed E-state index contributed by atoms with van der Waals surface area (Å²) in [5.74, 6) is -0.480. The van der Waals surface area contributed by atoms with Crippen LogP contribution in [0.1, 0.15) is 23.0 Å². The molecule has 0 saturated carbocycles. The summed E-state index contributed by atoms with van der Waals surface area (Å²) in [5.41, 5.74) is 2.90. The molecule has 1 N–H and O–H groups in total.